The molecular weight excluding hydrogens is 200 g/mol. The van der Waals surface area contributed by atoms with E-state index >= 15 is 0 Å². The molecule has 98 valence electrons. The molecule has 0 saturated heterocycles. The van der Waals surface area contributed by atoms with E-state index in [0.717, 1.165) is 26.1 Å². The highest BCUT2D eigenvalue weighted by Crippen LogP contribution is 2.24. The van der Waals surface area contributed by atoms with Gasteiger partial charge >= 0.3 is 0 Å². The van der Waals surface area contributed by atoms with Crippen LogP contribution in [0.1, 0.15) is 41.0 Å². The zero-order valence-corrected chi connectivity index (χ0v) is 11.9. The summed E-state index contributed by atoms with van der Waals surface area (Å²) in [5, 5.41) is 0. The Bertz CT molecular complexity index is 177. The third kappa shape index (κ3) is 5.83. The number of likely N-dealkylation sites (N-methyl/N-ethyl adjacent to an activating group) is 1. The van der Waals surface area contributed by atoms with Gasteiger partial charge in [0.05, 0.1) is 6.61 Å². The SMILES string of the molecule is CCN(C(C)COC)C(CN)CC(C)(C)C. The minimum Gasteiger partial charge on any atom is -0.383 e. The molecule has 0 aliphatic rings. The highest BCUT2D eigenvalue weighted by atomic mass is 16.5. The molecule has 0 aliphatic heterocycles. The molecular formula is C13H30N2O. The molecule has 0 aromatic carbocycles. The molecule has 0 amide bonds. The highest BCUT2D eigenvalue weighted by Gasteiger charge is 2.25. The number of ether oxygens (including phenoxy) is 1. The van der Waals surface area contributed by atoms with Crippen molar-refractivity contribution in [2.45, 2.75) is 53.1 Å². The first kappa shape index (κ1) is 15.9. The summed E-state index contributed by atoms with van der Waals surface area (Å²) < 4.78 is 5.23. The van der Waals surface area contributed by atoms with Crippen molar-refractivity contribution in [3.05, 3.63) is 0 Å². The van der Waals surface area contributed by atoms with Crippen LogP contribution in [0, 0.1) is 5.41 Å². The van der Waals surface area contributed by atoms with E-state index in [-0.39, 0.29) is 0 Å². The molecule has 16 heavy (non-hydrogen) atoms. The lowest BCUT2D eigenvalue weighted by atomic mass is 9.87. The maximum atomic E-state index is 5.91. The summed E-state index contributed by atoms with van der Waals surface area (Å²) >= 11 is 0. The molecule has 0 saturated carbocycles. The zero-order valence-electron chi connectivity index (χ0n) is 11.9. The lowest BCUT2D eigenvalue weighted by Crippen LogP contribution is -2.48. The lowest BCUT2D eigenvalue weighted by Gasteiger charge is -2.38. The lowest BCUT2D eigenvalue weighted by molar-refractivity contribution is 0.0605. The van der Waals surface area contributed by atoms with Crippen molar-refractivity contribution in [2.75, 3.05) is 26.8 Å². The number of nitrogens with two attached hydrogens (primary N) is 1. The van der Waals surface area contributed by atoms with Crippen LogP contribution in [-0.4, -0.2) is 43.8 Å². The van der Waals surface area contributed by atoms with Crippen LogP contribution in [0.4, 0.5) is 0 Å². The number of rotatable bonds is 7. The molecule has 3 nitrogen and oxygen atoms in total. The first-order chi connectivity index (χ1) is 7.35. The van der Waals surface area contributed by atoms with Gasteiger partial charge < -0.3 is 10.5 Å². The summed E-state index contributed by atoms with van der Waals surface area (Å²) in [5.41, 5.74) is 6.23. The zero-order chi connectivity index (χ0) is 12.8. The standard InChI is InChI=1S/C13H30N2O/c1-7-15(11(2)10-16-6)12(9-14)8-13(3,4)5/h11-12H,7-10,14H2,1-6H3. The molecule has 0 aromatic rings. The summed E-state index contributed by atoms with van der Waals surface area (Å²) in [7, 11) is 1.76. The Labute approximate surface area is 101 Å². The molecule has 2 atom stereocenters. The van der Waals surface area contributed by atoms with E-state index in [1.165, 1.54) is 0 Å². The highest BCUT2D eigenvalue weighted by molar-refractivity contribution is 4.81. The number of hydrogen-bond acceptors (Lipinski definition) is 3. The van der Waals surface area contributed by atoms with E-state index in [4.69, 9.17) is 10.5 Å². The van der Waals surface area contributed by atoms with Gasteiger partial charge in [0.25, 0.3) is 0 Å². The second-order valence-electron chi connectivity index (χ2n) is 5.79. The molecule has 3 heteroatoms. The van der Waals surface area contributed by atoms with Gasteiger partial charge in [0.15, 0.2) is 0 Å². The van der Waals surface area contributed by atoms with Gasteiger partial charge in [0.1, 0.15) is 0 Å². The first-order valence-electron chi connectivity index (χ1n) is 6.30. The van der Waals surface area contributed by atoms with Crippen LogP contribution in [0.3, 0.4) is 0 Å². The van der Waals surface area contributed by atoms with Gasteiger partial charge in [0.2, 0.25) is 0 Å². The van der Waals surface area contributed by atoms with E-state index in [2.05, 4.69) is 39.5 Å². The Morgan fingerprint density at radius 1 is 1.31 bits per heavy atom. The van der Waals surface area contributed by atoms with Crippen LogP contribution in [-0.2, 0) is 4.74 Å². The van der Waals surface area contributed by atoms with Gasteiger partial charge in [-0.3, -0.25) is 4.90 Å². The van der Waals surface area contributed by atoms with Crippen molar-refractivity contribution in [1.82, 2.24) is 4.90 Å². The van der Waals surface area contributed by atoms with Crippen molar-refractivity contribution >= 4 is 0 Å². The van der Waals surface area contributed by atoms with Crippen LogP contribution in [0.25, 0.3) is 0 Å². The maximum absolute atomic E-state index is 5.91. The second kappa shape index (κ2) is 7.25. The molecule has 0 aromatic heterocycles. The Morgan fingerprint density at radius 2 is 1.88 bits per heavy atom. The van der Waals surface area contributed by atoms with Gasteiger partial charge in [0, 0.05) is 25.7 Å². The molecule has 2 unspecified atom stereocenters. The molecule has 0 bridgehead atoms. The smallest absolute Gasteiger partial charge is 0.0615 e. The molecule has 0 aliphatic carbocycles. The van der Waals surface area contributed by atoms with Crippen LogP contribution < -0.4 is 5.73 Å². The molecule has 2 N–H and O–H groups in total. The normalized spacial score (nSPS) is 16.5. The topological polar surface area (TPSA) is 38.5 Å². The van der Waals surface area contributed by atoms with Crippen LogP contribution in [0.2, 0.25) is 0 Å². The van der Waals surface area contributed by atoms with Gasteiger partial charge in [-0.1, -0.05) is 27.7 Å². The summed E-state index contributed by atoms with van der Waals surface area (Å²) in [6, 6.07) is 0.890. The van der Waals surface area contributed by atoms with Crippen molar-refractivity contribution in [1.29, 1.82) is 0 Å². The average molecular weight is 230 g/mol. The van der Waals surface area contributed by atoms with E-state index < -0.39 is 0 Å². The quantitative estimate of drug-likeness (QED) is 0.728. The van der Waals surface area contributed by atoms with Gasteiger partial charge in [-0.05, 0) is 25.3 Å². The fourth-order valence-electron chi connectivity index (χ4n) is 2.31. The minimum atomic E-state index is 0.324. The average Bonchev–Trinajstić information content (AvgIpc) is 2.16. The predicted molar refractivity (Wildman–Crippen MR) is 70.6 cm³/mol. The maximum Gasteiger partial charge on any atom is 0.0615 e. The number of methoxy groups -OCH3 is 1. The van der Waals surface area contributed by atoms with Crippen molar-refractivity contribution in [3.63, 3.8) is 0 Å². The molecule has 0 rings (SSSR count). The Kier molecular flexibility index (Phi) is 7.20. The monoisotopic (exact) mass is 230 g/mol. The van der Waals surface area contributed by atoms with Crippen molar-refractivity contribution in [2.24, 2.45) is 11.1 Å². The summed E-state index contributed by atoms with van der Waals surface area (Å²) in [5.74, 6) is 0. The summed E-state index contributed by atoms with van der Waals surface area (Å²) in [4.78, 5) is 2.45. The Morgan fingerprint density at radius 3 is 2.19 bits per heavy atom. The summed E-state index contributed by atoms with van der Waals surface area (Å²) in [6.45, 7) is 13.7. The summed E-state index contributed by atoms with van der Waals surface area (Å²) in [6.07, 6.45) is 1.13. The number of nitrogens with zero attached hydrogens (tertiary/aromatic N) is 1. The largest absolute Gasteiger partial charge is 0.383 e. The molecule has 0 fully saturated rings. The molecule has 0 spiro atoms. The van der Waals surface area contributed by atoms with Gasteiger partial charge in [-0.15, -0.1) is 0 Å². The van der Waals surface area contributed by atoms with Crippen molar-refractivity contribution < 1.29 is 4.74 Å². The van der Waals surface area contributed by atoms with E-state index in [9.17, 15) is 0 Å². The van der Waals surface area contributed by atoms with Crippen LogP contribution in [0.5, 0.6) is 0 Å². The third-order valence-corrected chi connectivity index (χ3v) is 2.93. The van der Waals surface area contributed by atoms with Crippen LogP contribution in [0.15, 0.2) is 0 Å². The third-order valence-electron chi connectivity index (χ3n) is 2.93. The van der Waals surface area contributed by atoms with E-state index in [1.807, 2.05) is 0 Å². The molecule has 0 radical (unpaired) electrons. The minimum absolute atomic E-state index is 0.324. The van der Waals surface area contributed by atoms with Gasteiger partial charge in [-0.25, -0.2) is 0 Å². The fraction of sp³-hybridized carbons (Fsp3) is 1.00. The predicted octanol–water partition coefficient (Wildman–Crippen LogP) is 2.11. The number of hydrogen-bond donors (Lipinski definition) is 1. The van der Waals surface area contributed by atoms with E-state index in [1.54, 1.807) is 7.11 Å². The van der Waals surface area contributed by atoms with Gasteiger partial charge in [-0.2, -0.15) is 0 Å². The van der Waals surface area contributed by atoms with Crippen LogP contribution >= 0.6 is 0 Å². The molecule has 0 heterocycles. The second-order valence-corrected chi connectivity index (χ2v) is 5.79. The Hall–Kier alpha value is -0.120. The first-order valence-corrected chi connectivity index (χ1v) is 6.30. The Balaban J connectivity index is 4.49. The van der Waals surface area contributed by atoms with Crippen molar-refractivity contribution in [3.8, 4) is 0 Å². The van der Waals surface area contributed by atoms with E-state index in [0.29, 0.717) is 17.5 Å². The fourth-order valence-corrected chi connectivity index (χ4v) is 2.31.